The lowest BCUT2D eigenvalue weighted by molar-refractivity contribution is 0.240. The average molecular weight is 409 g/mol. The molecular weight excluding hydrogens is 380 g/mol. The van der Waals surface area contributed by atoms with Crippen molar-refractivity contribution in [3.63, 3.8) is 0 Å². The highest BCUT2D eigenvalue weighted by Gasteiger charge is 2.09. The van der Waals surface area contributed by atoms with Crippen molar-refractivity contribution in [3.8, 4) is 5.75 Å². The minimum Gasteiger partial charge on any atom is -0.491 e. The van der Waals surface area contributed by atoms with Crippen LogP contribution in [0.3, 0.4) is 0 Å². The van der Waals surface area contributed by atoms with Crippen LogP contribution in [0.15, 0.2) is 60.7 Å². The van der Waals surface area contributed by atoms with E-state index in [0.29, 0.717) is 0 Å². The minimum atomic E-state index is 0.166. The Labute approximate surface area is 179 Å². The minimum absolute atomic E-state index is 0.166. The van der Waals surface area contributed by atoms with Crippen LogP contribution in [0.25, 0.3) is 0 Å². The molecule has 0 fully saturated rings. The summed E-state index contributed by atoms with van der Waals surface area (Å²) in [6.45, 7) is 6.26. The van der Waals surface area contributed by atoms with Gasteiger partial charge in [-0.25, -0.2) is 0 Å². The van der Waals surface area contributed by atoms with Gasteiger partial charge >= 0.3 is 0 Å². The van der Waals surface area contributed by atoms with E-state index in [1.807, 2.05) is 19.2 Å². The van der Waals surface area contributed by atoms with Crippen molar-refractivity contribution in [2.45, 2.75) is 39.7 Å². The number of hydrogen-bond acceptors (Lipinski definition) is 3. The monoisotopic (exact) mass is 408 g/mol. The second-order valence-corrected chi connectivity index (χ2v) is 7.83. The fourth-order valence-corrected chi connectivity index (χ4v) is 3.42. The Morgan fingerprint density at radius 2 is 1.59 bits per heavy atom. The highest BCUT2D eigenvalue weighted by Crippen LogP contribution is 2.30. The highest BCUT2D eigenvalue weighted by molar-refractivity contribution is 6.30. The van der Waals surface area contributed by atoms with Gasteiger partial charge < -0.3 is 15.4 Å². The molecule has 0 saturated carbocycles. The summed E-state index contributed by atoms with van der Waals surface area (Å²) in [7, 11) is 1.94. The van der Waals surface area contributed by atoms with E-state index in [1.165, 1.54) is 16.7 Å². The fraction of sp³-hybridized carbons (Fsp3) is 0.280. The Morgan fingerprint density at radius 1 is 0.897 bits per heavy atom. The lowest BCUT2D eigenvalue weighted by atomic mass is 10.0. The number of rotatable bonds is 8. The lowest BCUT2D eigenvalue weighted by Gasteiger charge is -2.17. The molecule has 29 heavy (non-hydrogen) atoms. The predicted molar refractivity (Wildman–Crippen MR) is 125 cm³/mol. The maximum Gasteiger partial charge on any atom is 0.123 e. The number of hydrogen-bond donors (Lipinski definition) is 2. The molecule has 0 amide bonds. The van der Waals surface area contributed by atoms with Crippen LogP contribution >= 0.6 is 11.6 Å². The third kappa shape index (κ3) is 5.68. The van der Waals surface area contributed by atoms with Gasteiger partial charge in [-0.15, -0.1) is 0 Å². The normalized spacial score (nSPS) is 10.8. The van der Waals surface area contributed by atoms with Crippen molar-refractivity contribution in [1.29, 1.82) is 0 Å². The first kappa shape index (κ1) is 21.1. The standard InChI is InChI=1S/C25H29ClN2O/c1-5-19-15-23(11-13-25(19)29-17(2)3)28-24-12-10-22(27-4)16-20(24)14-18-6-8-21(26)9-7-18/h6-13,15-17,27-28H,5,14H2,1-4H3. The molecule has 0 aliphatic rings. The molecule has 0 spiro atoms. The van der Waals surface area contributed by atoms with Gasteiger partial charge in [0.15, 0.2) is 0 Å². The molecule has 2 N–H and O–H groups in total. The third-order valence-electron chi connectivity index (χ3n) is 4.78. The molecule has 0 aromatic heterocycles. The van der Waals surface area contributed by atoms with E-state index < -0.39 is 0 Å². The fourth-order valence-electron chi connectivity index (χ4n) is 3.30. The Bertz CT molecular complexity index is 952. The van der Waals surface area contributed by atoms with Gasteiger partial charge in [-0.1, -0.05) is 30.7 Å². The zero-order chi connectivity index (χ0) is 20.8. The van der Waals surface area contributed by atoms with E-state index in [0.717, 1.165) is 40.7 Å². The van der Waals surface area contributed by atoms with Gasteiger partial charge in [0.25, 0.3) is 0 Å². The number of anilines is 3. The summed E-state index contributed by atoms with van der Waals surface area (Å²) in [5, 5.41) is 7.59. The van der Waals surface area contributed by atoms with E-state index in [9.17, 15) is 0 Å². The number of halogens is 1. The van der Waals surface area contributed by atoms with Gasteiger partial charge in [-0.05, 0) is 91.9 Å². The smallest absolute Gasteiger partial charge is 0.123 e. The molecule has 3 nitrogen and oxygen atoms in total. The number of benzene rings is 3. The average Bonchev–Trinajstić information content (AvgIpc) is 2.71. The van der Waals surface area contributed by atoms with Gasteiger partial charge in [0.1, 0.15) is 5.75 Å². The molecule has 0 heterocycles. The zero-order valence-corrected chi connectivity index (χ0v) is 18.3. The second kappa shape index (κ2) is 9.71. The van der Waals surface area contributed by atoms with Gasteiger partial charge in [0.2, 0.25) is 0 Å². The summed E-state index contributed by atoms with van der Waals surface area (Å²) in [5.41, 5.74) is 6.90. The number of aryl methyl sites for hydroxylation is 1. The first-order chi connectivity index (χ1) is 14.0. The van der Waals surface area contributed by atoms with E-state index in [4.69, 9.17) is 16.3 Å². The molecule has 3 rings (SSSR count). The highest BCUT2D eigenvalue weighted by atomic mass is 35.5. The molecule has 3 aromatic rings. The van der Waals surface area contributed by atoms with Crippen LogP contribution < -0.4 is 15.4 Å². The molecule has 0 aliphatic heterocycles. The predicted octanol–water partition coefficient (Wildman–Crippen LogP) is 7.07. The van der Waals surface area contributed by atoms with Crippen LogP contribution in [0.1, 0.15) is 37.5 Å². The number of nitrogens with one attached hydrogen (secondary N) is 2. The molecule has 0 unspecified atom stereocenters. The van der Waals surface area contributed by atoms with Gasteiger partial charge in [-0.2, -0.15) is 0 Å². The summed E-state index contributed by atoms with van der Waals surface area (Å²) in [5.74, 6) is 0.958. The van der Waals surface area contributed by atoms with Crippen molar-refractivity contribution in [2.75, 3.05) is 17.7 Å². The van der Waals surface area contributed by atoms with E-state index in [2.05, 4.69) is 79.9 Å². The van der Waals surface area contributed by atoms with Gasteiger partial charge in [0.05, 0.1) is 6.10 Å². The molecule has 0 saturated heterocycles. The molecule has 0 bridgehead atoms. The maximum atomic E-state index is 6.04. The van der Waals surface area contributed by atoms with Gasteiger partial charge in [0, 0.05) is 29.1 Å². The molecule has 3 aromatic carbocycles. The van der Waals surface area contributed by atoms with Crippen LogP contribution in [-0.4, -0.2) is 13.2 Å². The molecule has 152 valence electrons. The van der Waals surface area contributed by atoms with Gasteiger partial charge in [-0.3, -0.25) is 0 Å². The summed E-state index contributed by atoms with van der Waals surface area (Å²) in [6, 6.07) is 20.7. The third-order valence-corrected chi connectivity index (χ3v) is 5.04. The van der Waals surface area contributed by atoms with Crippen LogP contribution in [0.2, 0.25) is 5.02 Å². The summed E-state index contributed by atoms with van der Waals surface area (Å²) < 4.78 is 5.94. The van der Waals surface area contributed by atoms with Crippen LogP contribution in [-0.2, 0) is 12.8 Å². The first-order valence-corrected chi connectivity index (χ1v) is 10.5. The van der Waals surface area contributed by atoms with E-state index >= 15 is 0 Å². The Balaban J connectivity index is 1.89. The van der Waals surface area contributed by atoms with Crippen molar-refractivity contribution in [2.24, 2.45) is 0 Å². The topological polar surface area (TPSA) is 33.3 Å². The molecule has 4 heteroatoms. The van der Waals surface area contributed by atoms with Crippen LogP contribution in [0.4, 0.5) is 17.1 Å². The molecule has 0 atom stereocenters. The largest absolute Gasteiger partial charge is 0.491 e. The van der Waals surface area contributed by atoms with Crippen molar-refractivity contribution < 1.29 is 4.74 Å². The van der Waals surface area contributed by atoms with Crippen molar-refractivity contribution >= 4 is 28.7 Å². The Kier molecular flexibility index (Phi) is 7.05. The summed E-state index contributed by atoms with van der Waals surface area (Å²) >= 11 is 6.04. The number of ether oxygens (including phenoxy) is 1. The van der Waals surface area contributed by atoms with Crippen LogP contribution in [0.5, 0.6) is 5.75 Å². The lowest BCUT2D eigenvalue weighted by Crippen LogP contribution is -2.07. The van der Waals surface area contributed by atoms with Crippen molar-refractivity contribution in [1.82, 2.24) is 0 Å². The SMILES string of the molecule is CCc1cc(Nc2ccc(NC)cc2Cc2ccc(Cl)cc2)ccc1OC(C)C. The van der Waals surface area contributed by atoms with Crippen LogP contribution in [0, 0.1) is 0 Å². The summed E-state index contributed by atoms with van der Waals surface area (Å²) in [6.07, 6.45) is 1.91. The van der Waals surface area contributed by atoms with Crippen molar-refractivity contribution in [3.05, 3.63) is 82.4 Å². The Hall–Kier alpha value is -2.65. The second-order valence-electron chi connectivity index (χ2n) is 7.39. The van der Waals surface area contributed by atoms with E-state index in [-0.39, 0.29) is 6.10 Å². The quantitative estimate of drug-likeness (QED) is 0.418. The maximum absolute atomic E-state index is 6.04. The van der Waals surface area contributed by atoms with E-state index in [1.54, 1.807) is 0 Å². The Morgan fingerprint density at radius 3 is 2.24 bits per heavy atom. The molecular formula is C25H29ClN2O. The first-order valence-electron chi connectivity index (χ1n) is 10.1. The zero-order valence-electron chi connectivity index (χ0n) is 17.6. The molecule has 0 radical (unpaired) electrons. The summed E-state index contributed by atoms with van der Waals surface area (Å²) in [4.78, 5) is 0. The molecule has 0 aliphatic carbocycles.